The number of nitrogens with zero attached hydrogens (tertiary/aromatic N) is 2. The molecule has 0 aliphatic carbocycles. The van der Waals surface area contributed by atoms with Crippen molar-refractivity contribution in [2.24, 2.45) is 10.9 Å². The molecule has 6 rings (SSSR count). The molecule has 0 radical (unpaired) electrons. The van der Waals surface area contributed by atoms with Gasteiger partial charge in [0.25, 0.3) is 0 Å². The zero-order chi connectivity index (χ0) is 40.4. The number of hydrogen-bond acceptors (Lipinski definition) is 7. The standard InChI is InChI=1S/C25H22ClNO3.C21H23F2NO2/c1-17(2)24(18-11-13-20(26)14-12-18)25(28)30-23(16-27)19-7-6-10-22(15-19)29-21-8-4-3-5-9-21;1-5-25-18-11-13(21(2,3)4)9-10-14(18)17-12-26-20(24-17)19-15(22)7-6-8-16(19)23/h3-15,17,23-24H,1-2H3;6-11,17H,5,12H2,1-4H3/t23-,24+;/m1./s1. The minimum Gasteiger partial charge on any atom is -0.494 e. The van der Waals surface area contributed by atoms with Crippen LogP contribution < -0.4 is 9.47 Å². The SMILES string of the molecule is CC(C)[C@H](C(=O)O[C@H](C#N)c1cccc(Oc2ccccc2)c1)c1ccc(Cl)cc1.CCOc1cc(C(C)(C)C)ccc1C1COC(c2c(F)cccc2F)=N1. The molecule has 0 N–H and O–H groups in total. The number of para-hydroxylation sites is 1. The normalized spacial score (nSPS) is 14.7. The molecule has 0 saturated carbocycles. The van der Waals surface area contributed by atoms with Crippen LogP contribution in [0.2, 0.25) is 5.02 Å². The summed E-state index contributed by atoms with van der Waals surface area (Å²) in [6, 6.07) is 34.9. The van der Waals surface area contributed by atoms with Crippen molar-refractivity contribution in [3.05, 3.63) is 160 Å². The Morgan fingerprint density at radius 1 is 0.893 bits per heavy atom. The van der Waals surface area contributed by atoms with Gasteiger partial charge in [-0.3, -0.25) is 4.79 Å². The van der Waals surface area contributed by atoms with Crippen molar-refractivity contribution in [3.63, 3.8) is 0 Å². The van der Waals surface area contributed by atoms with E-state index in [-0.39, 0.29) is 35.4 Å². The molecule has 1 aliphatic rings. The number of esters is 1. The average Bonchev–Trinajstić information content (AvgIpc) is 3.64. The van der Waals surface area contributed by atoms with Gasteiger partial charge in [0.1, 0.15) is 53.2 Å². The Labute approximate surface area is 332 Å². The van der Waals surface area contributed by atoms with Crippen LogP contribution in [0.4, 0.5) is 8.78 Å². The van der Waals surface area contributed by atoms with Crippen LogP contribution in [-0.4, -0.2) is 25.1 Å². The second kappa shape index (κ2) is 18.7. The number of benzene rings is 5. The van der Waals surface area contributed by atoms with E-state index in [1.165, 1.54) is 18.2 Å². The molecule has 290 valence electrons. The highest BCUT2D eigenvalue weighted by Crippen LogP contribution is 2.36. The Kier molecular flexibility index (Phi) is 13.9. The van der Waals surface area contributed by atoms with Gasteiger partial charge >= 0.3 is 5.97 Å². The van der Waals surface area contributed by atoms with Gasteiger partial charge in [-0.2, -0.15) is 5.26 Å². The maximum absolute atomic E-state index is 14.0. The first-order chi connectivity index (χ1) is 26.8. The Morgan fingerprint density at radius 2 is 1.55 bits per heavy atom. The zero-order valence-electron chi connectivity index (χ0n) is 32.3. The summed E-state index contributed by atoms with van der Waals surface area (Å²) in [5.74, 6) is -0.354. The minimum absolute atomic E-state index is 0.00653. The van der Waals surface area contributed by atoms with Gasteiger partial charge in [-0.1, -0.05) is 107 Å². The molecular weight excluding hydrogens is 734 g/mol. The van der Waals surface area contributed by atoms with E-state index >= 15 is 0 Å². The number of carbonyl (C=O) groups excluding carboxylic acids is 1. The van der Waals surface area contributed by atoms with Crippen LogP contribution in [0.15, 0.2) is 120 Å². The quantitative estimate of drug-likeness (QED) is 0.124. The molecule has 0 amide bonds. The Morgan fingerprint density at radius 3 is 2.18 bits per heavy atom. The van der Waals surface area contributed by atoms with Gasteiger partial charge in [-0.25, -0.2) is 13.8 Å². The molecular formula is C46H45ClF2N2O5. The second-order valence-corrected chi connectivity index (χ2v) is 14.9. The molecule has 10 heteroatoms. The van der Waals surface area contributed by atoms with Crippen molar-refractivity contribution in [1.29, 1.82) is 5.26 Å². The summed E-state index contributed by atoms with van der Waals surface area (Å²) in [7, 11) is 0. The number of nitriles is 1. The summed E-state index contributed by atoms with van der Waals surface area (Å²) in [6.07, 6.45) is -1.04. The van der Waals surface area contributed by atoms with E-state index in [1.54, 1.807) is 36.4 Å². The molecule has 3 atom stereocenters. The second-order valence-electron chi connectivity index (χ2n) is 14.5. The maximum Gasteiger partial charge on any atom is 0.315 e. The van der Waals surface area contributed by atoms with Gasteiger partial charge in [-0.05, 0) is 84.0 Å². The smallest absolute Gasteiger partial charge is 0.315 e. The highest BCUT2D eigenvalue weighted by Gasteiger charge is 2.30. The lowest BCUT2D eigenvalue weighted by atomic mass is 9.86. The molecule has 0 saturated heterocycles. The van der Waals surface area contributed by atoms with Gasteiger partial charge in [0.05, 0.1) is 12.5 Å². The molecule has 1 aliphatic heterocycles. The average molecular weight is 779 g/mol. The number of rotatable bonds is 11. The maximum atomic E-state index is 14.0. The fourth-order valence-corrected chi connectivity index (χ4v) is 6.24. The molecule has 0 aromatic heterocycles. The summed E-state index contributed by atoms with van der Waals surface area (Å²) < 4.78 is 50.7. The summed E-state index contributed by atoms with van der Waals surface area (Å²) in [6.45, 7) is 12.9. The highest BCUT2D eigenvalue weighted by atomic mass is 35.5. The van der Waals surface area contributed by atoms with Crippen LogP contribution >= 0.6 is 11.6 Å². The molecule has 0 fully saturated rings. The predicted molar refractivity (Wildman–Crippen MR) is 214 cm³/mol. The molecule has 5 aromatic rings. The van der Waals surface area contributed by atoms with Crippen molar-refractivity contribution in [2.75, 3.05) is 13.2 Å². The van der Waals surface area contributed by atoms with E-state index in [9.17, 15) is 18.8 Å². The Balaban J connectivity index is 0.000000216. The molecule has 5 aromatic carbocycles. The van der Waals surface area contributed by atoms with Crippen molar-refractivity contribution >= 4 is 23.5 Å². The number of ether oxygens (including phenoxy) is 4. The third kappa shape index (κ3) is 10.5. The number of halogens is 3. The number of aliphatic imine (C=N–C) groups is 1. The van der Waals surface area contributed by atoms with E-state index in [0.29, 0.717) is 28.7 Å². The monoisotopic (exact) mass is 778 g/mol. The van der Waals surface area contributed by atoms with E-state index in [2.05, 4.69) is 31.8 Å². The van der Waals surface area contributed by atoms with Crippen LogP contribution in [0.1, 0.15) is 87.4 Å². The fraction of sp³-hybridized carbons (Fsp3) is 0.283. The van der Waals surface area contributed by atoms with Gasteiger partial charge in [0.15, 0.2) is 0 Å². The molecule has 1 heterocycles. The number of carbonyl (C=O) groups is 1. The van der Waals surface area contributed by atoms with Gasteiger partial charge in [-0.15, -0.1) is 0 Å². The summed E-state index contributed by atoms with van der Waals surface area (Å²) in [5, 5.41) is 10.2. The fourth-order valence-electron chi connectivity index (χ4n) is 6.12. The van der Waals surface area contributed by atoms with Gasteiger partial charge < -0.3 is 18.9 Å². The minimum atomic E-state index is -1.04. The lowest BCUT2D eigenvalue weighted by molar-refractivity contribution is -0.150. The summed E-state index contributed by atoms with van der Waals surface area (Å²) >= 11 is 5.96. The lowest BCUT2D eigenvalue weighted by Crippen LogP contribution is -2.22. The van der Waals surface area contributed by atoms with Crippen molar-refractivity contribution in [3.8, 4) is 23.3 Å². The molecule has 0 spiro atoms. The van der Waals surface area contributed by atoms with Crippen LogP contribution in [-0.2, 0) is 19.7 Å². The first-order valence-corrected chi connectivity index (χ1v) is 18.8. The van der Waals surface area contributed by atoms with Crippen LogP contribution in [0.3, 0.4) is 0 Å². The van der Waals surface area contributed by atoms with E-state index in [1.807, 2.05) is 81.4 Å². The Bertz CT molecular complexity index is 2160. The van der Waals surface area contributed by atoms with Gasteiger partial charge in [0, 0.05) is 16.1 Å². The van der Waals surface area contributed by atoms with E-state index in [4.69, 9.17) is 30.5 Å². The predicted octanol–water partition coefficient (Wildman–Crippen LogP) is 11.9. The summed E-state index contributed by atoms with van der Waals surface area (Å²) in [4.78, 5) is 17.4. The third-order valence-corrected chi connectivity index (χ3v) is 9.26. The van der Waals surface area contributed by atoms with Crippen molar-refractivity contribution in [2.45, 2.75) is 65.0 Å². The Hall–Kier alpha value is -5.72. The topological polar surface area (TPSA) is 90.1 Å². The van der Waals surface area contributed by atoms with Gasteiger partial charge in [0.2, 0.25) is 12.0 Å². The van der Waals surface area contributed by atoms with E-state index < -0.39 is 29.6 Å². The first kappa shape index (κ1) is 41.4. The first-order valence-electron chi connectivity index (χ1n) is 18.4. The van der Waals surface area contributed by atoms with Crippen LogP contribution in [0.25, 0.3) is 0 Å². The summed E-state index contributed by atoms with van der Waals surface area (Å²) in [5.41, 5.74) is 3.12. The van der Waals surface area contributed by atoms with Crippen LogP contribution in [0.5, 0.6) is 17.2 Å². The number of hydrogen-bond donors (Lipinski definition) is 0. The molecule has 0 bridgehead atoms. The van der Waals surface area contributed by atoms with E-state index in [0.717, 1.165) is 22.4 Å². The van der Waals surface area contributed by atoms with Crippen molar-refractivity contribution < 1.29 is 32.5 Å². The zero-order valence-corrected chi connectivity index (χ0v) is 33.0. The molecule has 56 heavy (non-hydrogen) atoms. The molecule has 1 unspecified atom stereocenters. The largest absolute Gasteiger partial charge is 0.494 e. The third-order valence-electron chi connectivity index (χ3n) is 9.01. The lowest BCUT2D eigenvalue weighted by Gasteiger charge is -2.22. The highest BCUT2D eigenvalue weighted by molar-refractivity contribution is 6.30. The van der Waals surface area contributed by atoms with Crippen LogP contribution in [0, 0.1) is 28.9 Å². The van der Waals surface area contributed by atoms with Crippen molar-refractivity contribution in [1.82, 2.24) is 0 Å². The molecule has 7 nitrogen and oxygen atoms in total.